The first-order valence-corrected chi connectivity index (χ1v) is 5.47. The molecule has 1 unspecified atom stereocenters. The Labute approximate surface area is 94.4 Å². The predicted molar refractivity (Wildman–Crippen MR) is 59.1 cm³/mol. The second kappa shape index (κ2) is 4.61. The number of aliphatic hydroxyl groups excluding tert-OH is 1. The molecule has 1 atom stereocenters. The summed E-state index contributed by atoms with van der Waals surface area (Å²) in [4.78, 5) is 0. The third-order valence-corrected chi connectivity index (χ3v) is 2.49. The van der Waals surface area contributed by atoms with E-state index in [0.29, 0.717) is 36.7 Å². The third-order valence-electron chi connectivity index (χ3n) is 2.49. The van der Waals surface area contributed by atoms with Crippen LogP contribution in [0.2, 0.25) is 0 Å². The first-order valence-electron chi connectivity index (χ1n) is 5.47. The molecule has 0 bridgehead atoms. The van der Waals surface area contributed by atoms with Crippen molar-refractivity contribution in [2.45, 2.75) is 25.9 Å². The molecule has 0 aliphatic carbocycles. The summed E-state index contributed by atoms with van der Waals surface area (Å²) in [5.74, 6) is 1.06. The summed E-state index contributed by atoms with van der Waals surface area (Å²) in [6, 6.07) is 3.54. The molecule has 0 fully saturated rings. The molecule has 4 heteroatoms. The van der Waals surface area contributed by atoms with Crippen LogP contribution in [0, 0.1) is 0 Å². The molecule has 2 N–H and O–H groups in total. The molecule has 1 aromatic rings. The Kier molecular flexibility index (Phi) is 3.19. The van der Waals surface area contributed by atoms with E-state index in [9.17, 15) is 10.2 Å². The fourth-order valence-corrected chi connectivity index (χ4v) is 1.74. The molecular weight excluding hydrogens is 208 g/mol. The maximum Gasteiger partial charge on any atom is 0.203 e. The van der Waals surface area contributed by atoms with Crippen molar-refractivity contribution in [3.05, 3.63) is 17.7 Å². The highest BCUT2D eigenvalue weighted by molar-refractivity contribution is 5.55. The van der Waals surface area contributed by atoms with E-state index in [-0.39, 0.29) is 5.75 Å². The van der Waals surface area contributed by atoms with E-state index in [4.69, 9.17) is 9.47 Å². The largest absolute Gasteiger partial charge is 0.504 e. The number of phenols is 1. The monoisotopic (exact) mass is 224 g/mol. The van der Waals surface area contributed by atoms with E-state index < -0.39 is 6.10 Å². The molecule has 1 aliphatic heterocycles. The van der Waals surface area contributed by atoms with Gasteiger partial charge in [-0.1, -0.05) is 6.07 Å². The topological polar surface area (TPSA) is 58.9 Å². The van der Waals surface area contributed by atoms with Crippen LogP contribution >= 0.6 is 0 Å². The van der Waals surface area contributed by atoms with Gasteiger partial charge >= 0.3 is 0 Å². The molecule has 1 aliphatic rings. The van der Waals surface area contributed by atoms with Gasteiger partial charge in [0, 0.05) is 18.4 Å². The number of phenolic OH excluding ortho intramolecular Hbond substituents is 1. The van der Waals surface area contributed by atoms with Crippen LogP contribution in [-0.2, 0) is 6.42 Å². The highest BCUT2D eigenvalue weighted by atomic mass is 16.5. The lowest BCUT2D eigenvalue weighted by atomic mass is 10.1. The fraction of sp³-hybridized carbons (Fsp3) is 0.500. The summed E-state index contributed by atoms with van der Waals surface area (Å²) in [5.41, 5.74) is 0.680. The lowest BCUT2D eigenvalue weighted by molar-refractivity contribution is 0.193. The van der Waals surface area contributed by atoms with Gasteiger partial charge in [0.2, 0.25) is 5.75 Å². The van der Waals surface area contributed by atoms with Gasteiger partial charge in [0.1, 0.15) is 0 Å². The molecule has 88 valence electrons. The second-order valence-electron chi connectivity index (χ2n) is 4.00. The first-order chi connectivity index (χ1) is 7.68. The minimum absolute atomic E-state index is 0.0836. The third kappa shape index (κ3) is 2.22. The maximum absolute atomic E-state index is 9.99. The lowest BCUT2D eigenvalue weighted by Gasteiger charge is -2.13. The van der Waals surface area contributed by atoms with E-state index in [2.05, 4.69) is 0 Å². The van der Waals surface area contributed by atoms with Gasteiger partial charge in [-0.2, -0.15) is 0 Å². The van der Waals surface area contributed by atoms with Gasteiger partial charge in [0.05, 0.1) is 19.3 Å². The standard InChI is InChI=1S/C12H16O4/c1-8(13)7-9-3-4-10-12(11(9)14)16-6-2-5-15-10/h3-4,8,13-14H,2,5-7H2,1H3. The minimum atomic E-state index is -0.490. The Morgan fingerprint density at radius 1 is 1.31 bits per heavy atom. The van der Waals surface area contributed by atoms with Crippen LogP contribution in [0.1, 0.15) is 18.9 Å². The molecule has 0 aromatic heterocycles. The number of benzene rings is 1. The van der Waals surface area contributed by atoms with Crippen molar-refractivity contribution in [3.63, 3.8) is 0 Å². The number of hydrogen-bond acceptors (Lipinski definition) is 4. The van der Waals surface area contributed by atoms with Crippen LogP contribution in [0.5, 0.6) is 17.2 Å². The van der Waals surface area contributed by atoms with Crippen LogP contribution < -0.4 is 9.47 Å². The summed E-state index contributed by atoms with van der Waals surface area (Å²) in [5, 5.41) is 19.3. The van der Waals surface area contributed by atoms with Gasteiger partial charge in [-0.3, -0.25) is 0 Å². The fourth-order valence-electron chi connectivity index (χ4n) is 1.74. The maximum atomic E-state index is 9.99. The average Bonchev–Trinajstić information content (AvgIpc) is 2.47. The number of aliphatic hydroxyl groups is 1. The summed E-state index contributed by atoms with van der Waals surface area (Å²) in [6.45, 7) is 2.82. The van der Waals surface area contributed by atoms with Crippen LogP contribution in [0.4, 0.5) is 0 Å². The zero-order valence-corrected chi connectivity index (χ0v) is 9.27. The van der Waals surface area contributed by atoms with Crippen molar-refractivity contribution in [3.8, 4) is 17.2 Å². The minimum Gasteiger partial charge on any atom is -0.504 e. The first kappa shape index (κ1) is 11.1. The number of ether oxygens (including phenoxy) is 2. The molecule has 1 aromatic carbocycles. The Morgan fingerprint density at radius 2 is 2.06 bits per heavy atom. The van der Waals surface area contributed by atoms with Crippen molar-refractivity contribution >= 4 is 0 Å². The van der Waals surface area contributed by atoms with Gasteiger partial charge in [-0.15, -0.1) is 0 Å². The van der Waals surface area contributed by atoms with Crippen molar-refractivity contribution in [1.82, 2.24) is 0 Å². The molecule has 1 heterocycles. The molecule has 16 heavy (non-hydrogen) atoms. The van der Waals surface area contributed by atoms with Crippen molar-refractivity contribution < 1.29 is 19.7 Å². The Balaban J connectivity index is 2.33. The van der Waals surface area contributed by atoms with Gasteiger partial charge in [-0.25, -0.2) is 0 Å². The van der Waals surface area contributed by atoms with Gasteiger partial charge in [-0.05, 0) is 13.0 Å². The van der Waals surface area contributed by atoms with E-state index in [1.165, 1.54) is 0 Å². The Hall–Kier alpha value is -1.42. The van der Waals surface area contributed by atoms with E-state index >= 15 is 0 Å². The zero-order valence-electron chi connectivity index (χ0n) is 9.27. The number of fused-ring (bicyclic) bond motifs is 1. The smallest absolute Gasteiger partial charge is 0.203 e. The average molecular weight is 224 g/mol. The zero-order chi connectivity index (χ0) is 11.5. The molecule has 0 spiro atoms. The summed E-state index contributed by atoms with van der Waals surface area (Å²) < 4.78 is 10.9. The molecule has 0 radical (unpaired) electrons. The highest BCUT2D eigenvalue weighted by Gasteiger charge is 2.18. The van der Waals surface area contributed by atoms with Crippen LogP contribution in [0.25, 0.3) is 0 Å². The van der Waals surface area contributed by atoms with Gasteiger partial charge in [0.15, 0.2) is 11.5 Å². The van der Waals surface area contributed by atoms with E-state index in [1.54, 1.807) is 19.1 Å². The molecular formula is C12H16O4. The summed E-state index contributed by atoms with van der Waals surface area (Å²) in [6.07, 6.45) is 0.721. The van der Waals surface area contributed by atoms with Gasteiger partial charge < -0.3 is 19.7 Å². The van der Waals surface area contributed by atoms with Crippen molar-refractivity contribution in [1.29, 1.82) is 0 Å². The number of aromatic hydroxyl groups is 1. The van der Waals surface area contributed by atoms with Crippen LogP contribution in [0.3, 0.4) is 0 Å². The Morgan fingerprint density at radius 3 is 2.81 bits per heavy atom. The van der Waals surface area contributed by atoms with Gasteiger partial charge in [0.25, 0.3) is 0 Å². The van der Waals surface area contributed by atoms with Crippen LogP contribution in [-0.4, -0.2) is 29.5 Å². The highest BCUT2D eigenvalue weighted by Crippen LogP contribution is 2.40. The molecule has 2 rings (SSSR count). The molecule has 0 saturated carbocycles. The lowest BCUT2D eigenvalue weighted by Crippen LogP contribution is -2.05. The molecule has 4 nitrogen and oxygen atoms in total. The van der Waals surface area contributed by atoms with Crippen LogP contribution in [0.15, 0.2) is 12.1 Å². The predicted octanol–water partition coefficient (Wildman–Crippen LogP) is 1.48. The summed E-state index contributed by atoms with van der Waals surface area (Å²) >= 11 is 0. The van der Waals surface area contributed by atoms with E-state index in [1.807, 2.05) is 0 Å². The molecule has 0 saturated heterocycles. The quantitative estimate of drug-likeness (QED) is 0.798. The number of hydrogen-bond donors (Lipinski definition) is 2. The Bertz CT molecular complexity index is 374. The number of rotatable bonds is 2. The molecule has 0 amide bonds. The second-order valence-corrected chi connectivity index (χ2v) is 4.00. The van der Waals surface area contributed by atoms with E-state index in [0.717, 1.165) is 6.42 Å². The van der Waals surface area contributed by atoms with Crippen molar-refractivity contribution in [2.75, 3.05) is 13.2 Å². The SMILES string of the molecule is CC(O)Cc1ccc2c(c1O)OCCCO2. The van der Waals surface area contributed by atoms with Crippen molar-refractivity contribution in [2.24, 2.45) is 0 Å². The normalized spacial score (nSPS) is 16.6. The summed E-state index contributed by atoms with van der Waals surface area (Å²) in [7, 11) is 0.